The van der Waals surface area contributed by atoms with Gasteiger partial charge in [-0.05, 0) is 12.5 Å². The Kier molecular flexibility index (Phi) is 5.80. The van der Waals surface area contributed by atoms with E-state index in [2.05, 4.69) is 4.98 Å². The summed E-state index contributed by atoms with van der Waals surface area (Å²) in [5.74, 6) is 0.781. The topological polar surface area (TPSA) is 59.6 Å². The number of hydrogen-bond acceptors (Lipinski definition) is 4. The Hall–Kier alpha value is -2.66. The van der Waals surface area contributed by atoms with E-state index in [4.69, 9.17) is 9.73 Å². The average molecular weight is 337 g/mol. The molecule has 0 saturated carbocycles. The first-order valence-electron chi connectivity index (χ1n) is 8.46. The zero-order valence-electron chi connectivity index (χ0n) is 14.4. The van der Waals surface area contributed by atoms with Gasteiger partial charge in [0.1, 0.15) is 6.10 Å². The molecule has 5 nitrogen and oxygen atoms in total. The Morgan fingerprint density at radius 3 is 2.88 bits per heavy atom. The van der Waals surface area contributed by atoms with Crippen LogP contribution in [0.5, 0.6) is 0 Å². The van der Waals surface area contributed by atoms with Crippen LogP contribution >= 0.6 is 0 Å². The summed E-state index contributed by atoms with van der Waals surface area (Å²) in [6.07, 6.45) is 10.2. The van der Waals surface area contributed by atoms with Gasteiger partial charge in [-0.3, -0.25) is 4.99 Å². The van der Waals surface area contributed by atoms with E-state index in [0.29, 0.717) is 13.0 Å². The monoisotopic (exact) mass is 337 g/mol. The molecule has 130 valence electrons. The number of benzene rings is 1. The minimum absolute atomic E-state index is 0.670. The first-order chi connectivity index (χ1) is 12.3. The number of ether oxygens (including phenoxy) is 1. The lowest BCUT2D eigenvalue weighted by Gasteiger charge is -2.20. The lowest BCUT2D eigenvalue weighted by molar-refractivity contribution is 0.233. The third-order valence-corrected chi connectivity index (χ3v) is 4.17. The standard InChI is InChI=1S/C20H23N3O2/c1-25-17-8-9-18(19(24)14-17)20(16-6-3-2-4-7-16)22-10-5-12-23-13-11-21-15-23/h2-4,6-7,9,11,13-15,19,24H,5,8,10,12H2,1H3. The Morgan fingerprint density at radius 1 is 1.36 bits per heavy atom. The smallest absolute Gasteiger partial charge is 0.102 e. The maximum absolute atomic E-state index is 10.5. The average Bonchev–Trinajstić information content (AvgIpc) is 3.16. The van der Waals surface area contributed by atoms with Gasteiger partial charge in [-0.15, -0.1) is 0 Å². The van der Waals surface area contributed by atoms with Crippen LogP contribution in [0, 0.1) is 0 Å². The van der Waals surface area contributed by atoms with Gasteiger partial charge in [-0.1, -0.05) is 36.4 Å². The molecule has 1 unspecified atom stereocenters. The number of aryl methyl sites for hydroxylation is 1. The molecule has 1 aromatic heterocycles. The predicted octanol–water partition coefficient (Wildman–Crippen LogP) is 2.98. The van der Waals surface area contributed by atoms with Gasteiger partial charge in [0.25, 0.3) is 0 Å². The molecule has 0 radical (unpaired) electrons. The van der Waals surface area contributed by atoms with Crippen LogP contribution < -0.4 is 0 Å². The van der Waals surface area contributed by atoms with Gasteiger partial charge in [0.2, 0.25) is 0 Å². The third-order valence-electron chi connectivity index (χ3n) is 4.17. The van der Waals surface area contributed by atoms with Crippen molar-refractivity contribution in [1.82, 2.24) is 9.55 Å². The number of methoxy groups -OCH3 is 1. The first-order valence-corrected chi connectivity index (χ1v) is 8.46. The van der Waals surface area contributed by atoms with Crippen molar-refractivity contribution in [3.63, 3.8) is 0 Å². The Morgan fingerprint density at radius 2 is 2.20 bits per heavy atom. The second-order valence-corrected chi connectivity index (χ2v) is 5.90. The Balaban J connectivity index is 1.76. The van der Waals surface area contributed by atoms with Gasteiger partial charge in [-0.25, -0.2) is 4.98 Å². The molecule has 25 heavy (non-hydrogen) atoms. The van der Waals surface area contributed by atoms with Crippen molar-refractivity contribution < 1.29 is 9.84 Å². The summed E-state index contributed by atoms with van der Waals surface area (Å²) >= 11 is 0. The van der Waals surface area contributed by atoms with Crippen LogP contribution in [0.25, 0.3) is 0 Å². The predicted molar refractivity (Wildman–Crippen MR) is 98.5 cm³/mol. The third kappa shape index (κ3) is 4.45. The molecule has 1 heterocycles. The summed E-state index contributed by atoms with van der Waals surface area (Å²) in [7, 11) is 1.62. The van der Waals surface area contributed by atoms with Gasteiger partial charge < -0.3 is 14.4 Å². The van der Waals surface area contributed by atoms with Crippen LogP contribution in [0.2, 0.25) is 0 Å². The van der Waals surface area contributed by atoms with Crippen LogP contribution in [0.4, 0.5) is 0 Å². The molecule has 2 aromatic rings. The zero-order valence-corrected chi connectivity index (χ0v) is 14.4. The molecule has 1 aliphatic carbocycles. The molecule has 5 heteroatoms. The molecule has 0 aliphatic heterocycles. The molecule has 1 atom stereocenters. The van der Waals surface area contributed by atoms with Crippen LogP contribution in [0.1, 0.15) is 18.4 Å². The van der Waals surface area contributed by atoms with Crippen LogP contribution in [-0.2, 0) is 11.3 Å². The van der Waals surface area contributed by atoms with E-state index in [9.17, 15) is 5.11 Å². The number of aromatic nitrogens is 2. The summed E-state index contributed by atoms with van der Waals surface area (Å²) in [5, 5.41) is 10.5. The van der Waals surface area contributed by atoms with Crippen molar-refractivity contribution in [3.8, 4) is 0 Å². The molecular weight excluding hydrogens is 314 g/mol. The van der Waals surface area contributed by atoms with E-state index in [1.807, 2.05) is 53.5 Å². The maximum atomic E-state index is 10.5. The SMILES string of the molecule is COC1=CC(O)C(C(=NCCCn2ccnc2)c2ccccc2)=CC1. The highest BCUT2D eigenvalue weighted by Crippen LogP contribution is 2.23. The molecule has 1 N–H and O–H groups in total. The van der Waals surface area contributed by atoms with Gasteiger partial charge in [0.05, 0.1) is 24.9 Å². The zero-order chi connectivity index (χ0) is 17.5. The highest BCUT2D eigenvalue weighted by atomic mass is 16.5. The van der Waals surface area contributed by atoms with Crippen molar-refractivity contribution in [3.05, 3.63) is 78.1 Å². The van der Waals surface area contributed by atoms with Gasteiger partial charge in [-0.2, -0.15) is 0 Å². The molecule has 1 aromatic carbocycles. The van der Waals surface area contributed by atoms with Crippen molar-refractivity contribution in [2.75, 3.05) is 13.7 Å². The van der Waals surface area contributed by atoms with E-state index in [1.54, 1.807) is 19.4 Å². The first kappa shape index (κ1) is 17.2. The minimum Gasteiger partial charge on any atom is -0.501 e. The van der Waals surface area contributed by atoms with E-state index in [1.165, 1.54) is 0 Å². The van der Waals surface area contributed by atoms with Gasteiger partial charge in [0.15, 0.2) is 0 Å². The van der Waals surface area contributed by atoms with Crippen LogP contribution in [0.3, 0.4) is 0 Å². The Bertz CT molecular complexity index is 762. The number of imidazole rings is 1. The van der Waals surface area contributed by atoms with Crippen molar-refractivity contribution in [2.24, 2.45) is 4.99 Å². The second kappa shape index (κ2) is 8.44. The summed E-state index contributed by atoms with van der Waals surface area (Å²) in [6.45, 7) is 1.56. The quantitative estimate of drug-likeness (QED) is 0.624. The van der Waals surface area contributed by atoms with Gasteiger partial charge >= 0.3 is 0 Å². The second-order valence-electron chi connectivity index (χ2n) is 5.90. The molecule has 1 aliphatic rings. The van der Waals surface area contributed by atoms with E-state index in [0.717, 1.165) is 35.6 Å². The molecule has 0 saturated heterocycles. The number of rotatable bonds is 7. The van der Waals surface area contributed by atoms with Gasteiger partial charge in [0, 0.05) is 43.0 Å². The van der Waals surface area contributed by atoms with E-state index in [-0.39, 0.29) is 0 Å². The minimum atomic E-state index is -0.698. The molecular formula is C20H23N3O2. The molecule has 0 amide bonds. The van der Waals surface area contributed by atoms with E-state index >= 15 is 0 Å². The highest BCUT2D eigenvalue weighted by molar-refractivity contribution is 6.13. The summed E-state index contributed by atoms with van der Waals surface area (Å²) < 4.78 is 7.28. The number of aliphatic imine (C=N–C) groups is 1. The number of nitrogens with zero attached hydrogens (tertiary/aromatic N) is 3. The molecule has 0 bridgehead atoms. The van der Waals surface area contributed by atoms with Crippen molar-refractivity contribution in [2.45, 2.75) is 25.5 Å². The molecule has 0 fully saturated rings. The fourth-order valence-electron chi connectivity index (χ4n) is 2.86. The molecule has 3 rings (SSSR count). The summed E-state index contributed by atoms with van der Waals surface area (Å²) in [6, 6.07) is 10.0. The fraction of sp³-hybridized carbons (Fsp3) is 0.300. The van der Waals surface area contributed by atoms with Crippen LogP contribution in [-0.4, -0.2) is 40.1 Å². The lowest BCUT2D eigenvalue weighted by atomic mass is 9.93. The fourth-order valence-corrected chi connectivity index (χ4v) is 2.86. The lowest BCUT2D eigenvalue weighted by Crippen LogP contribution is -2.21. The van der Waals surface area contributed by atoms with Crippen molar-refractivity contribution >= 4 is 5.71 Å². The highest BCUT2D eigenvalue weighted by Gasteiger charge is 2.20. The summed E-state index contributed by atoms with van der Waals surface area (Å²) in [5.41, 5.74) is 2.71. The number of hydrogen-bond donors (Lipinski definition) is 1. The van der Waals surface area contributed by atoms with E-state index < -0.39 is 6.10 Å². The summed E-state index contributed by atoms with van der Waals surface area (Å²) in [4.78, 5) is 8.85. The number of allylic oxidation sites excluding steroid dienone is 1. The Labute approximate surface area is 148 Å². The number of aliphatic hydroxyl groups is 1. The van der Waals surface area contributed by atoms with Crippen LogP contribution in [0.15, 0.2) is 77.5 Å². The number of aliphatic hydroxyl groups excluding tert-OH is 1. The maximum Gasteiger partial charge on any atom is 0.102 e. The normalized spacial score (nSPS) is 17.8. The molecule has 0 spiro atoms. The largest absolute Gasteiger partial charge is 0.501 e. The van der Waals surface area contributed by atoms with Crippen molar-refractivity contribution in [1.29, 1.82) is 0 Å².